The fraction of sp³-hybridized carbons (Fsp3) is 0.905. The minimum atomic E-state index is -0.724. The summed E-state index contributed by atoms with van der Waals surface area (Å²) in [5, 5.41) is 0. The van der Waals surface area contributed by atoms with E-state index in [1.54, 1.807) is 0 Å². The SMILES string of the molecule is CN(C)CC1CCCC1CN(C)C.C[Si](C)(C)C1CCCC1.[CH2]=[Fe+].[CH3-]. The van der Waals surface area contributed by atoms with E-state index in [-0.39, 0.29) is 7.43 Å². The maximum atomic E-state index is 3.00. The Kier molecular flexibility index (Phi) is 16.2. The molecule has 0 aromatic carbocycles. The van der Waals surface area contributed by atoms with Crippen molar-refractivity contribution < 1.29 is 15.6 Å². The Balaban J connectivity index is 0. The second-order valence-corrected chi connectivity index (χ2v) is 14.9. The van der Waals surface area contributed by atoms with Crippen LogP contribution in [0.5, 0.6) is 0 Å². The molecule has 2 atom stereocenters. The molecular formula is C21H47FeN2Si. The summed E-state index contributed by atoms with van der Waals surface area (Å²) < 4.78 is 0. The molecule has 4 heteroatoms. The zero-order valence-corrected chi connectivity index (χ0v) is 20.7. The molecule has 2 fully saturated rings. The number of rotatable bonds is 5. The van der Waals surface area contributed by atoms with Crippen LogP contribution in [0.25, 0.3) is 0 Å². The van der Waals surface area contributed by atoms with Gasteiger partial charge in [0, 0.05) is 21.2 Å². The molecule has 2 saturated carbocycles. The van der Waals surface area contributed by atoms with E-state index in [1.807, 2.05) is 0 Å². The molecule has 0 heterocycles. The van der Waals surface area contributed by atoms with Crippen molar-refractivity contribution in [2.24, 2.45) is 11.8 Å². The van der Waals surface area contributed by atoms with Gasteiger partial charge in [0.2, 0.25) is 0 Å². The predicted molar refractivity (Wildman–Crippen MR) is 117 cm³/mol. The van der Waals surface area contributed by atoms with Gasteiger partial charge < -0.3 is 17.2 Å². The Bertz CT molecular complexity index is 294. The fourth-order valence-electron chi connectivity index (χ4n) is 4.32. The average molecular weight is 412 g/mol. The first-order valence-corrected chi connectivity index (χ1v) is 14.1. The van der Waals surface area contributed by atoms with Crippen molar-refractivity contribution in [2.75, 3.05) is 41.3 Å². The van der Waals surface area contributed by atoms with Gasteiger partial charge in [-0.2, -0.15) is 0 Å². The summed E-state index contributed by atoms with van der Waals surface area (Å²) in [5.41, 5.74) is 4.15. The van der Waals surface area contributed by atoms with Crippen molar-refractivity contribution in [1.82, 2.24) is 9.80 Å². The first kappa shape index (κ1) is 27.7. The third kappa shape index (κ3) is 12.5. The summed E-state index contributed by atoms with van der Waals surface area (Å²) in [4.78, 5) is 4.66. The van der Waals surface area contributed by atoms with Gasteiger partial charge in [0.1, 0.15) is 0 Å². The quantitative estimate of drug-likeness (QED) is 0.453. The third-order valence-electron chi connectivity index (χ3n) is 5.60. The van der Waals surface area contributed by atoms with Gasteiger partial charge in [-0.05, 0) is 58.4 Å². The van der Waals surface area contributed by atoms with Gasteiger partial charge >= 0.3 is 21.0 Å². The van der Waals surface area contributed by atoms with Crippen LogP contribution in [-0.2, 0) is 15.6 Å². The van der Waals surface area contributed by atoms with Crippen LogP contribution in [0.15, 0.2) is 0 Å². The van der Waals surface area contributed by atoms with Crippen molar-refractivity contribution in [3.8, 4) is 0 Å². The number of hydrogen-bond donors (Lipinski definition) is 0. The van der Waals surface area contributed by atoms with E-state index in [2.05, 4.69) is 78.6 Å². The molecule has 2 aliphatic carbocycles. The maximum absolute atomic E-state index is 3.00. The molecule has 0 saturated heterocycles. The van der Waals surface area contributed by atoms with Gasteiger partial charge in [0.25, 0.3) is 0 Å². The van der Waals surface area contributed by atoms with Crippen LogP contribution in [-0.4, -0.2) is 64.6 Å². The fourth-order valence-corrected chi connectivity index (χ4v) is 6.46. The van der Waals surface area contributed by atoms with Gasteiger partial charge in [-0.3, -0.25) is 0 Å². The van der Waals surface area contributed by atoms with Crippen LogP contribution < -0.4 is 0 Å². The Labute approximate surface area is 169 Å². The Hall–Kier alpha value is 0.526. The Morgan fingerprint density at radius 2 is 1.12 bits per heavy atom. The van der Waals surface area contributed by atoms with Crippen LogP contribution in [0.2, 0.25) is 25.2 Å². The standard InChI is InChI=1S/C11H24N2.C8H18Si.CH3.CH2.Fe/c1-12(2)8-10-6-5-7-11(10)9-13(3)4;1-9(2,3)8-6-4-5-7-8;;;/h10-11H,5-9H2,1-4H3;8H,4-7H2,1-3H3;1H3;1H2;/q;;-1;;+1. The zero-order chi connectivity index (χ0) is 18.8. The molecule has 25 heavy (non-hydrogen) atoms. The van der Waals surface area contributed by atoms with Crippen molar-refractivity contribution in [2.45, 2.75) is 70.1 Å². The van der Waals surface area contributed by atoms with E-state index in [4.69, 9.17) is 0 Å². The first-order valence-electron chi connectivity index (χ1n) is 9.74. The molecule has 0 N–H and O–H groups in total. The molecular weight excluding hydrogens is 364 g/mol. The third-order valence-corrected chi connectivity index (χ3v) is 8.62. The smallest absolute Gasteiger partial charge is 0.358 e. The van der Waals surface area contributed by atoms with Crippen LogP contribution in [0.3, 0.4) is 0 Å². The average Bonchev–Trinajstić information content (AvgIpc) is 3.13. The summed E-state index contributed by atoms with van der Waals surface area (Å²) in [5.74, 6) is 1.88. The minimum Gasteiger partial charge on any atom is -0.358 e. The first-order chi connectivity index (χ1) is 11.2. The van der Waals surface area contributed by atoms with Crippen molar-refractivity contribution >= 4 is 13.5 Å². The normalized spacial score (nSPS) is 23.6. The number of nitrogens with zero attached hydrogens (tertiary/aromatic N) is 2. The van der Waals surface area contributed by atoms with Gasteiger partial charge in [-0.1, -0.05) is 51.7 Å². The summed E-state index contributed by atoms with van der Waals surface area (Å²) in [6, 6.07) is 0. The minimum absolute atomic E-state index is 0. The molecule has 0 aliphatic heterocycles. The van der Waals surface area contributed by atoms with Gasteiger partial charge in [-0.15, -0.1) is 0 Å². The van der Waals surface area contributed by atoms with E-state index in [1.165, 1.54) is 58.0 Å². The van der Waals surface area contributed by atoms with E-state index in [0.717, 1.165) is 17.4 Å². The Morgan fingerprint density at radius 3 is 1.36 bits per heavy atom. The van der Waals surface area contributed by atoms with E-state index >= 15 is 0 Å². The molecule has 0 spiro atoms. The van der Waals surface area contributed by atoms with Crippen molar-refractivity contribution in [1.29, 1.82) is 0 Å². The molecule has 2 nitrogen and oxygen atoms in total. The maximum Gasteiger partial charge on any atom is -0.358 e. The second kappa shape index (κ2) is 14.6. The van der Waals surface area contributed by atoms with E-state index < -0.39 is 8.07 Å². The second-order valence-electron chi connectivity index (χ2n) is 9.32. The van der Waals surface area contributed by atoms with Gasteiger partial charge in [0.05, 0.1) is 0 Å². The van der Waals surface area contributed by atoms with Crippen LogP contribution in [0, 0.1) is 19.3 Å². The molecule has 0 aromatic rings. The molecule has 0 aromatic heterocycles. The molecule has 0 amide bonds. The van der Waals surface area contributed by atoms with Gasteiger partial charge in [0.15, 0.2) is 0 Å². The van der Waals surface area contributed by atoms with E-state index in [9.17, 15) is 0 Å². The zero-order valence-electron chi connectivity index (χ0n) is 18.6. The summed E-state index contributed by atoms with van der Waals surface area (Å²) in [7, 11) is 8.02. The number of hydrogen-bond acceptors (Lipinski definition) is 2. The van der Waals surface area contributed by atoms with Crippen LogP contribution in [0.1, 0.15) is 44.9 Å². The van der Waals surface area contributed by atoms with Crippen molar-refractivity contribution in [3.05, 3.63) is 7.43 Å². The predicted octanol–water partition coefficient (Wildman–Crippen LogP) is 5.21. The van der Waals surface area contributed by atoms with E-state index in [0.29, 0.717) is 0 Å². The molecule has 0 radical (unpaired) electrons. The largest absolute Gasteiger partial charge is 0.358 e. The van der Waals surface area contributed by atoms with Gasteiger partial charge in [-0.25, -0.2) is 0 Å². The van der Waals surface area contributed by atoms with Crippen molar-refractivity contribution in [3.63, 3.8) is 0 Å². The topological polar surface area (TPSA) is 6.48 Å². The summed E-state index contributed by atoms with van der Waals surface area (Å²) >= 11 is 3.00. The molecule has 2 rings (SSSR count). The molecule has 2 aliphatic rings. The molecule has 0 bridgehead atoms. The summed E-state index contributed by atoms with van der Waals surface area (Å²) in [6.45, 7) is 10.1. The van der Waals surface area contributed by atoms with Crippen LogP contribution in [0.4, 0.5) is 0 Å². The Morgan fingerprint density at radius 1 is 0.760 bits per heavy atom. The molecule has 153 valence electrons. The summed E-state index contributed by atoms with van der Waals surface area (Å²) in [6.07, 6.45) is 10.4. The monoisotopic (exact) mass is 411 g/mol. The molecule has 2 unspecified atom stereocenters. The van der Waals surface area contributed by atoms with Crippen LogP contribution >= 0.6 is 0 Å².